The van der Waals surface area contributed by atoms with Gasteiger partial charge < -0.3 is 9.64 Å². The second kappa shape index (κ2) is 9.00. The fraction of sp³-hybridized carbons (Fsp3) is 0.182. The van der Waals surface area contributed by atoms with Crippen molar-refractivity contribution in [2.45, 2.75) is 20.2 Å². The van der Waals surface area contributed by atoms with Gasteiger partial charge in [-0.3, -0.25) is 0 Å². The maximum absolute atomic E-state index is 12.2. The molecule has 0 aliphatic rings. The number of nitrogens with zero attached hydrogens (tertiary/aromatic N) is 1. The molecular weight excluding hydrogens is 351 g/mol. The summed E-state index contributed by atoms with van der Waals surface area (Å²) in [7, 11) is 1.81. The van der Waals surface area contributed by atoms with E-state index in [9.17, 15) is 13.2 Å². The van der Waals surface area contributed by atoms with E-state index < -0.39 is 6.36 Å². The van der Waals surface area contributed by atoms with Gasteiger partial charge in [0.2, 0.25) is 0 Å². The summed E-state index contributed by atoms with van der Waals surface area (Å²) in [5, 5.41) is 0. The van der Waals surface area contributed by atoms with Crippen molar-refractivity contribution >= 4 is 5.69 Å². The highest BCUT2D eigenvalue weighted by atomic mass is 19.4. The summed E-state index contributed by atoms with van der Waals surface area (Å²) in [4.78, 5) is 1.80. The first-order valence-corrected chi connectivity index (χ1v) is 8.26. The fourth-order valence-corrected chi connectivity index (χ4v) is 2.15. The van der Waals surface area contributed by atoms with Crippen molar-refractivity contribution in [1.29, 1.82) is 0 Å². The van der Waals surface area contributed by atoms with Gasteiger partial charge in [0.05, 0.1) is 0 Å². The quantitative estimate of drug-likeness (QED) is 0.488. The maximum Gasteiger partial charge on any atom is 0.573 e. The molecule has 0 saturated carbocycles. The van der Waals surface area contributed by atoms with Crippen LogP contribution in [0.5, 0.6) is 5.75 Å². The first-order chi connectivity index (χ1) is 12.7. The van der Waals surface area contributed by atoms with Crippen LogP contribution in [0.4, 0.5) is 18.9 Å². The van der Waals surface area contributed by atoms with Crippen molar-refractivity contribution in [2.24, 2.45) is 0 Å². The topological polar surface area (TPSA) is 12.5 Å². The van der Waals surface area contributed by atoms with Crippen molar-refractivity contribution in [2.75, 3.05) is 11.9 Å². The maximum atomic E-state index is 12.2. The van der Waals surface area contributed by atoms with Gasteiger partial charge in [-0.25, -0.2) is 0 Å². The van der Waals surface area contributed by atoms with Crippen molar-refractivity contribution < 1.29 is 17.9 Å². The number of alkyl halides is 3. The summed E-state index contributed by atoms with van der Waals surface area (Å²) in [5.74, 6) is 6.02. The average molecular weight is 371 g/mol. The van der Waals surface area contributed by atoms with E-state index in [4.69, 9.17) is 0 Å². The molecule has 2 aromatic carbocycles. The lowest BCUT2D eigenvalue weighted by Gasteiger charge is -2.15. The minimum absolute atomic E-state index is 0.248. The minimum atomic E-state index is -4.69. The highest BCUT2D eigenvalue weighted by Gasteiger charge is 2.30. The van der Waals surface area contributed by atoms with E-state index >= 15 is 0 Å². The smallest absolute Gasteiger partial charge is 0.406 e. The van der Waals surface area contributed by atoms with E-state index in [1.54, 1.807) is 17.0 Å². The van der Waals surface area contributed by atoms with E-state index in [1.807, 2.05) is 63.5 Å². The Balaban J connectivity index is 2.10. The Hall–Kier alpha value is -3.13. The standard InChI is InChI=1S/C22H20F3NO/c1-17(2)19(10-9-18-7-5-4-6-8-18)15-16-26(3)20-11-13-21(14-12-20)27-22(23,24)25/h4-8,11-16H,1-3H3/b16-15-. The van der Waals surface area contributed by atoms with Gasteiger partial charge >= 0.3 is 6.36 Å². The zero-order valence-corrected chi connectivity index (χ0v) is 15.3. The summed E-state index contributed by atoms with van der Waals surface area (Å²) < 4.78 is 40.5. The fourth-order valence-electron chi connectivity index (χ4n) is 2.15. The molecule has 2 aromatic rings. The van der Waals surface area contributed by atoms with Crippen LogP contribution in [0.15, 0.2) is 78.0 Å². The molecule has 2 rings (SSSR count). The van der Waals surface area contributed by atoms with Crippen molar-refractivity contribution in [1.82, 2.24) is 0 Å². The van der Waals surface area contributed by atoms with Crippen LogP contribution in [0.2, 0.25) is 0 Å². The van der Waals surface area contributed by atoms with Gasteiger partial charge in [-0.2, -0.15) is 0 Å². The minimum Gasteiger partial charge on any atom is -0.406 e. The Morgan fingerprint density at radius 3 is 2.19 bits per heavy atom. The average Bonchev–Trinajstić information content (AvgIpc) is 2.61. The van der Waals surface area contributed by atoms with E-state index in [-0.39, 0.29) is 5.75 Å². The molecule has 0 saturated heterocycles. The molecule has 0 aromatic heterocycles. The van der Waals surface area contributed by atoms with E-state index in [2.05, 4.69) is 16.6 Å². The Morgan fingerprint density at radius 2 is 1.63 bits per heavy atom. The molecule has 0 aliphatic heterocycles. The summed E-state index contributed by atoms with van der Waals surface area (Å²) >= 11 is 0. The molecule has 140 valence electrons. The van der Waals surface area contributed by atoms with Gasteiger partial charge in [0.1, 0.15) is 5.75 Å². The van der Waals surface area contributed by atoms with Crippen LogP contribution in [-0.2, 0) is 0 Å². The molecule has 0 fully saturated rings. The zero-order valence-electron chi connectivity index (χ0n) is 15.3. The third-order valence-corrected chi connectivity index (χ3v) is 3.60. The highest BCUT2D eigenvalue weighted by molar-refractivity contribution is 5.53. The number of hydrogen-bond donors (Lipinski definition) is 0. The molecule has 0 N–H and O–H groups in total. The number of ether oxygens (including phenoxy) is 1. The van der Waals surface area contributed by atoms with E-state index in [1.165, 1.54) is 12.1 Å². The molecule has 27 heavy (non-hydrogen) atoms. The molecule has 0 atom stereocenters. The third kappa shape index (κ3) is 6.95. The number of anilines is 1. The van der Waals surface area contributed by atoms with Crippen LogP contribution < -0.4 is 9.64 Å². The van der Waals surface area contributed by atoms with Crippen LogP contribution in [-0.4, -0.2) is 13.4 Å². The predicted octanol–water partition coefficient (Wildman–Crippen LogP) is 5.92. The van der Waals surface area contributed by atoms with Crippen molar-refractivity contribution in [3.8, 4) is 17.6 Å². The monoisotopic (exact) mass is 371 g/mol. The number of halogens is 3. The lowest BCUT2D eigenvalue weighted by atomic mass is 10.1. The van der Waals surface area contributed by atoms with Gasteiger partial charge in [-0.05, 0) is 56.3 Å². The Morgan fingerprint density at radius 1 is 1.00 bits per heavy atom. The largest absolute Gasteiger partial charge is 0.573 e. The SMILES string of the molecule is CC(C)=C(C#Cc1ccccc1)/C=C\N(C)c1ccc(OC(F)(F)F)cc1. The normalized spacial score (nSPS) is 10.9. The van der Waals surface area contributed by atoms with Gasteiger partial charge in [0.15, 0.2) is 0 Å². The lowest BCUT2D eigenvalue weighted by molar-refractivity contribution is -0.274. The second-order valence-corrected chi connectivity index (χ2v) is 6.00. The summed E-state index contributed by atoms with van der Waals surface area (Å²) in [6, 6.07) is 15.4. The zero-order chi connectivity index (χ0) is 19.9. The summed E-state index contributed by atoms with van der Waals surface area (Å²) in [6.45, 7) is 3.95. The van der Waals surface area contributed by atoms with Gasteiger partial charge in [0, 0.05) is 30.1 Å². The third-order valence-electron chi connectivity index (χ3n) is 3.60. The molecule has 0 bridgehead atoms. The van der Waals surface area contributed by atoms with Crippen LogP contribution in [0, 0.1) is 11.8 Å². The number of allylic oxidation sites excluding steroid dienone is 3. The Bertz CT molecular complexity index is 866. The number of rotatable bonds is 4. The van der Waals surface area contributed by atoms with Crippen LogP contribution in [0.25, 0.3) is 0 Å². The Kier molecular flexibility index (Phi) is 6.73. The lowest BCUT2D eigenvalue weighted by Crippen LogP contribution is -2.17. The van der Waals surface area contributed by atoms with E-state index in [0.29, 0.717) is 0 Å². The molecule has 0 heterocycles. The number of hydrogen-bond acceptors (Lipinski definition) is 2. The first kappa shape index (κ1) is 20.2. The second-order valence-electron chi connectivity index (χ2n) is 6.00. The van der Waals surface area contributed by atoms with Gasteiger partial charge in [-0.15, -0.1) is 13.2 Å². The van der Waals surface area contributed by atoms with E-state index in [0.717, 1.165) is 22.4 Å². The first-order valence-electron chi connectivity index (χ1n) is 8.26. The predicted molar refractivity (Wildman–Crippen MR) is 102 cm³/mol. The summed E-state index contributed by atoms with van der Waals surface area (Å²) in [5.41, 5.74) is 3.60. The molecule has 0 aliphatic carbocycles. The van der Waals surface area contributed by atoms with Gasteiger partial charge in [-0.1, -0.05) is 35.6 Å². The molecule has 0 radical (unpaired) electrons. The molecule has 0 amide bonds. The van der Waals surface area contributed by atoms with Crippen LogP contribution in [0.1, 0.15) is 19.4 Å². The molecule has 2 nitrogen and oxygen atoms in total. The number of benzene rings is 2. The molecule has 0 spiro atoms. The molecular formula is C22H20F3NO. The van der Waals surface area contributed by atoms with Crippen molar-refractivity contribution in [3.63, 3.8) is 0 Å². The molecule has 5 heteroatoms. The van der Waals surface area contributed by atoms with Gasteiger partial charge in [0.25, 0.3) is 0 Å². The van der Waals surface area contributed by atoms with Crippen molar-refractivity contribution in [3.05, 3.63) is 83.6 Å². The molecule has 0 unspecified atom stereocenters. The Labute approximate surface area is 157 Å². The van der Waals surface area contributed by atoms with Crippen LogP contribution in [0.3, 0.4) is 0 Å². The summed E-state index contributed by atoms with van der Waals surface area (Å²) in [6.07, 6.45) is -0.990. The highest BCUT2D eigenvalue weighted by Crippen LogP contribution is 2.25. The van der Waals surface area contributed by atoms with Crippen LogP contribution >= 0.6 is 0 Å².